The van der Waals surface area contributed by atoms with Crippen LogP contribution < -0.4 is 11.2 Å². The number of nitrogens with zero attached hydrogens (tertiary/aromatic N) is 2. The number of hydrogen-bond acceptors (Lipinski definition) is 4. The Balaban J connectivity index is 1.82. The molecule has 0 radical (unpaired) electrons. The summed E-state index contributed by atoms with van der Waals surface area (Å²) in [4.78, 5) is 26.5. The number of furan rings is 2. The summed E-state index contributed by atoms with van der Waals surface area (Å²) < 4.78 is 13.9. The standard InChI is InChI=1S/C22H15ClN2O4/c23-15-6-3-5-14(11-15)12-24-19-17-8-1-2-9-18(17)29-20(19)21(26)25(22(24)27)13-16-7-4-10-28-16/h1-11H,12-13H2. The SMILES string of the molecule is O=c1c2oc3ccccc3c2n(Cc2cccc(Cl)c2)c(=O)n1Cc1ccco1. The number of rotatable bonds is 4. The van der Waals surface area contributed by atoms with Gasteiger partial charge in [0.15, 0.2) is 0 Å². The number of halogens is 1. The van der Waals surface area contributed by atoms with Crippen molar-refractivity contribution in [1.82, 2.24) is 9.13 Å². The van der Waals surface area contributed by atoms with Gasteiger partial charge in [-0.1, -0.05) is 35.9 Å². The Kier molecular flexibility index (Phi) is 4.14. The zero-order valence-corrected chi connectivity index (χ0v) is 15.9. The molecule has 0 bridgehead atoms. The first-order valence-electron chi connectivity index (χ1n) is 9.03. The van der Waals surface area contributed by atoms with Crippen molar-refractivity contribution in [3.63, 3.8) is 0 Å². The van der Waals surface area contributed by atoms with E-state index in [4.69, 9.17) is 20.4 Å². The van der Waals surface area contributed by atoms with Crippen molar-refractivity contribution in [3.05, 3.63) is 104 Å². The number of aromatic nitrogens is 2. The molecule has 0 spiro atoms. The third kappa shape index (κ3) is 2.98. The number of para-hydroxylation sites is 1. The van der Waals surface area contributed by atoms with Crippen LogP contribution in [0, 0.1) is 0 Å². The van der Waals surface area contributed by atoms with E-state index in [2.05, 4.69) is 0 Å². The highest BCUT2D eigenvalue weighted by Crippen LogP contribution is 2.26. The highest BCUT2D eigenvalue weighted by atomic mass is 35.5. The Morgan fingerprint density at radius 3 is 2.55 bits per heavy atom. The van der Waals surface area contributed by atoms with E-state index in [9.17, 15) is 9.59 Å². The van der Waals surface area contributed by atoms with E-state index in [0.717, 1.165) is 10.1 Å². The van der Waals surface area contributed by atoms with Crippen LogP contribution in [0.3, 0.4) is 0 Å². The Bertz CT molecular complexity index is 1460. The quantitative estimate of drug-likeness (QED) is 0.447. The molecule has 0 saturated carbocycles. The van der Waals surface area contributed by atoms with Crippen LogP contribution in [-0.4, -0.2) is 9.13 Å². The Morgan fingerprint density at radius 1 is 0.897 bits per heavy atom. The second-order valence-corrected chi connectivity index (χ2v) is 7.18. The first-order chi connectivity index (χ1) is 14.1. The van der Waals surface area contributed by atoms with Crippen LogP contribution >= 0.6 is 11.6 Å². The molecule has 0 aliphatic rings. The average molecular weight is 407 g/mol. The summed E-state index contributed by atoms with van der Waals surface area (Å²) in [6.07, 6.45) is 1.50. The molecule has 29 heavy (non-hydrogen) atoms. The minimum atomic E-state index is -0.486. The first-order valence-corrected chi connectivity index (χ1v) is 9.41. The monoisotopic (exact) mass is 406 g/mol. The van der Waals surface area contributed by atoms with Crippen LogP contribution in [0.5, 0.6) is 0 Å². The molecule has 5 aromatic rings. The summed E-state index contributed by atoms with van der Waals surface area (Å²) >= 11 is 6.12. The molecule has 0 N–H and O–H groups in total. The van der Waals surface area contributed by atoms with E-state index in [1.807, 2.05) is 30.3 Å². The van der Waals surface area contributed by atoms with Gasteiger partial charge in [0.2, 0.25) is 5.58 Å². The van der Waals surface area contributed by atoms with Gasteiger partial charge in [0.1, 0.15) is 16.9 Å². The minimum Gasteiger partial charge on any atom is -0.467 e. The van der Waals surface area contributed by atoms with Crippen molar-refractivity contribution in [1.29, 1.82) is 0 Å². The van der Waals surface area contributed by atoms with Crippen LogP contribution in [0.15, 0.2) is 85.4 Å². The van der Waals surface area contributed by atoms with Gasteiger partial charge < -0.3 is 8.83 Å². The van der Waals surface area contributed by atoms with Gasteiger partial charge in [0.25, 0.3) is 5.56 Å². The van der Waals surface area contributed by atoms with Crippen molar-refractivity contribution in [3.8, 4) is 0 Å². The fourth-order valence-corrected chi connectivity index (χ4v) is 3.77. The summed E-state index contributed by atoms with van der Waals surface area (Å²) in [7, 11) is 0. The normalized spacial score (nSPS) is 11.5. The summed E-state index contributed by atoms with van der Waals surface area (Å²) in [6, 6.07) is 18.0. The summed E-state index contributed by atoms with van der Waals surface area (Å²) in [5.41, 5.74) is 1.08. The van der Waals surface area contributed by atoms with Crippen molar-refractivity contribution in [2.45, 2.75) is 13.1 Å². The predicted molar refractivity (Wildman–Crippen MR) is 111 cm³/mol. The van der Waals surface area contributed by atoms with Crippen LogP contribution in [0.4, 0.5) is 0 Å². The predicted octanol–water partition coefficient (Wildman–Crippen LogP) is 4.25. The number of fused-ring (bicyclic) bond motifs is 3. The lowest BCUT2D eigenvalue weighted by atomic mass is 10.2. The number of hydrogen-bond donors (Lipinski definition) is 0. The van der Waals surface area contributed by atoms with Gasteiger partial charge in [-0.05, 0) is 42.0 Å². The molecule has 6 nitrogen and oxygen atoms in total. The largest absolute Gasteiger partial charge is 0.467 e. The van der Waals surface area contributed by atoms with Gasteiger partial charge in [0.05, 0.1) is 19.4 Å². The summed E-state index contributed by atoms with van der Waals surface area (Å²) in [5, 5.41) is 1.29. The van der Waals surface area contributed by atoms with Gasteiger partial charge in [-0.15, -0.1) is 0 Å². The fourth-order valence-electron chi connectivity index (χ4n) is 3.56. The molecule has 3 heterocycles. The molecule has 0 amide bonds. The highest BCUT2D eigenvalue weighted by Gasteiger charge is 2.20. The van der Waals surface area contributed by atoms with Crippen molar-refractivity contribution in [2.24, 2.45) is 0 Å². The molecule has 0 atom stereocenters. The molecule has 0 unspecified atom stereocenters. The zero-order valence-electron chi connectivity index (χ0n) is 15.2. The van der Waals surface area contributed by atoms with E-state index < -0.39 is 11.2 Å². The Labute approximate surface area is 169 Å². The van der Waals surface area contributed by atoms with Crippen molar-refractivity contribution >= 4 is 33.7 Å². The molecule has 3 aromatic heterocycles. The molecule has 2 aromatic carbocycles. The van der Waals surface area contributed by atoms with Gasteiger partial charge >= 0.3 is 5.69 Å². The fraction of sp³-hybridized carbons (Fsp3) is 0.0909. The maximum absolute atomic E-state index is 13.4. The van der Waals surface area contributed by atoms with Gasteiger partial charge in [-0.2, -0.15) is 0 Å². The van der Waals surface area contributed by atoms with Crippen molar-refractivity contribution < 1.29 is 8.83 Å². The van der Waals surface area contributed by atoms with E-state index in [0.29, 0.717) is 27.3 Å². The molecular weight excluding hydrogens is 392 g/mol. The summed E-state index contributed by atoms with van der Waals surface area (Å²) in [6.45, 7) is 0.269. The van der Waals surface area contributed by atoms with E-state index in [1.54, 1.807) is 34.9 Å². The van der Waals surface area contributed by atoms with Gasteiger partial charge in [-0.3, -0.25) is 9.36 Å². The molecule has 144 valence electrons. The molecule has 0 aliphatic carbocycles. The van der Waals surface area contributed by atoms with Gasteiger partial charge in [0, 0.05) is 10.4 Å². The lowest BCUT2D eigenvalue weighted by molar-refractivity contribution is 0.477. The van der Waals surface area contributed by atoms with E-state index >= 15 is 0 Å². The van der Waals surface area contributed by atoms with Crippen LogP contribution in [0.25, 0.3) is 22.1 Å². The lowest BCUT2D eigenvalue weighted by Gasteiger charge is -2.11. The van der Waals surface area contributed by atoms with E-state index in [1.165, 1.54) is 6.26 Å². The molecule has 0 fully saturated rings. The van der Waals surface area contributed by atoms with E-state index in [-0.39, 0.29) is 18.7 Å². The zero-order chi connectivity index (χ0) is 20.0. The average Bonchev–Trinajstić information content (AvgIpc) is 3.36. The topological polar surface area (TPSA) is 70.3 Å². The van der Waals surface area contributed by atoms with Crippen LogP contribution in [-0.2, 0) is 13.1 Å². The molecule has 5 rings (SSSR count). The smallest absolute Gasteiger partial charge is 0.332 e. The van der Waals surface area contributed by atoms with Crippen LogP contribution in [0.2, 0.25) is 5.02 Å². The third-order valence-corrected chi connectivity index (χ3v) is 5.10. The molecule has 7 heteroatoms. The van der Waals surface area contributed by atoms with Gasteiger partial charge in [-0.25, -0.2) is 9.36 Å². The highest BCUT2D eigenvalue weighted by molar-refractivity contribution is 6.30. The lowest BCUT2D eigenvalue weighted by Crippen LogP contribution is -2.40. The second-order valence-electron chi connectivity index (χ2n) is 6.75. The maximum atomic E-state index is 13.4. The minimum absolute atomic E-state index is 0.0210. The molecule has 0 saturated heterocycles. The second kappa shape index (κ2) is 6.83. The third-order valence-electron chi connectivity index (χ3n) is 4.86. The maximum Gasteiger partial charge on any atom is 0.332 e. The van der Waals surface area contributed by atoms with Crippen LogP contribution in [0.1, 0.15) is 11.3 Å². The molecular formula is C22H15ClN2O4. The first kappa shape index (κ1) is 17.6. The Morgan fingerprint density at radius 2 is 1.76 bits per heavy atom. The molecule has 0 aliphatic heterocycles. The van der Waals surface area contributed by atoms with Crippen molar-refractivity contribution in [2.75, 3.05) is 0 Å². The summed E-state index contributed by atoms with van der Waals surface area (Å²) in [5.74, 6) is 0.508. The Hall–Kier alpha value is -3.51. The number of benzene rings is 2.